The highest BCUT2D eigenvalue weighted by atomic mass is 15.3. The quantitative estimate of drug-likeness (QED) is 0.870. The Morgan fingerprint density at radius 2 is 2.00 bits per heavy atom. The van der Waals surface area contributed by atoms with Crippen LogP contribution in [0.4, 0.5) is 0 Å². The lowest BCUT2D eigenvalue weighted by atomic mass is 10.0. The third-order valence-electron chi connectivity index (χ3n) is 3.50. The lowest BCUT2D eigenvalue weighted by molar-refractivity contribution is 0.528. The van der Waals surface area contributed by atoms with Gasteiger partial charge in [0.1, 0.15) is 0 Å². The van der Waals surface area contributed by atoms with Crippen LogP contribution in [0.15, 0.2) is 30.3 Å². The van der Waals surface area contributed by atoms with Gasteiger partial charge in [-0.05, 0) is 45.4 Å². The van der Waals surface area contributed by atoms with Crippen LogP contribution in [0.25, 0.3) is 0 Å². The first-order chi connectivity index (χ1) is 9.65. The molecular formula is C17H25N3. The Labute approximate surface area is 122 Å². The molecule has 0 radical (unpaired) electrons. The molecule has 1 aromatic heterocycles. The van der Waals surface area contributed by atoms with Gasteiger partial charge in [0, 0.05) is 6.54 Å². The molecule has 0 aliphatic carbocycles. The molecule has 1 atom stereocenters. The van der Waals surface area contributed by atoms with Gasteiger partial charge in [0.05, 0.1) is 17.4 Å². The highest BCUT2D eigenvalue weighted by molar-refractivity contribution is 5.32. The first-order valence-electron chi connectivity index (χ1n) is 7.50. The van der Waals surface area contributed by atoms with Crippen LogP contribution in [0, 0.1) is 13.8 Å². The van der Waals surface area contributed by atoms with Crippen molar-refractivity contribution < 1.29 is 0 Å². The van der Waals surface area contributed by atoms with Crippen LogP contribution in [-0.4, -0.2) is 16.3 Å². The summed E-state index contributed by atoms with van der Waals surface area (Å²) in [5.74, 6) is 0. The lowest BCUT2D eigenvalue weighted by Crippen LogP contribution is -2.25. The van der Waals surface area contributed by atoms with E-state index in [4.69, 9.17) is 0 Å². The van der Waals surface area contributed by atoms with Gasteiger partial charge in [-0.1, -0.05) is 36.8 Å². The number of aromatic nitrogens is 2. The molecule has 0 amide bonds. The van der Waals surface area contributed by atoms with Crippen molar-refractivity contribution in [2.75, 3.05) is 6.54 Å². The number of benzene rings is 1. The number of nitrogens with one attached hydrogen (secondary N) is 1. The highest BCUT2D eigenvalue weighted by Gasteiger charge is 2.18. The van der Waals surface area contributed by atoms with Crippen molar-refractivity contribution in [2.45, 2.75) is 46.7 Å². The van der Waals surface area contributed by atoms with E-state index in [0.717, 1.165) is 25.2 Å². The van der Waals surface area contributed by atoms with E-state index in [1.165, 1.54) is 16.8 Å². The van der Waals surface area contributed by atoms with E-state index in [9.17, 15) is 0 Å². The summed E-state index contributed by atoms with van der Waals surface area (Å²) in [6, 6.07) is 11.1. The summed E-state index contributed by atoms with van der Waals surface area (Å²) in [6.45, 7) is 10.4. The zero-order valence-electron chi connectivity index (χ0n) is 13.0. The molecule has 2 aromatic rings. The van der Waals surface area contributed by atoms with Crippen LogP contribution in [0.3, 0.4) is 0 Å². The highest BCUT2D eigenvalue weighted by Crippen LogP contribution is 2.23. The molecule has 1 aromatic carbocycles. The third-order valence-corrected chi connectivity index (χ3v) is 3.50. The maximum absolute atomic E-state index is 4.58. The summed E-state index contributed by atoms with van der Waals surface area (Å²) in [5, 5.41) is 8.24. The van der Waals surface area contributed by atoms with Crippen LogP contribution >= 0.6 is 0 Å². The maximum atomic E-state index is 4.58. The molecule has 0 spiro atoms. The summed E-state index contributed by atoms with van der Waals surface area (Å²) < 4.78 is 2.10. The minimum atomic E-state index is 0.219. The van der Waals surface area contributed by atoms with Crippen molar-refractivity contribution in [1.82, 2.24) is 15.1 Å². The largest absolute Gasteiger partial charge is 0.305 e. The van der Waals surface area contributed by atoms with Gasteiger partial charge in [-0.3, -0.25) is 4.68 Å². The lowest BCUT2D eigenvalue weighted by Gasteiger charge is -2.20. The van der Waals surface area contributed by atoms with Gasteiger partial charge >= 0.3 is 0 Å². The summed E-state index contributed by atoms with van der Waals surface area (Å²) in [6.07, 6.45) is 1.13. The summed E-state index contributed by atoms with van der Waals surface area (Å²) >= 11 is 0. The van der Waals surface area contributed by atoms with Crippen molar-refractivity contribution >= 4 is 0 Å². The molecule has 3 nitrogen and oxygen atoms in total. The van der Waals surface area contributed by atoms with Crippen molar-refractivity contribution in [2.24, 2.45) is 0 Å². The average Bonchev–Trinajstić information content (AvgIpc) is 2.80. The van der Waals surface area contributed by atoms with Gasteiger partial charge < -0.3 is 5.32 Å². The molecule has 0 aliphatic heterocycles. The standard InChI is InChI=1S/C17H25N3/c1-5-10-18-17(15-9-7-8-13(3)11-15)16-12-14(4)19-20(16)6-2/h7-9,11-12,17-18H,5-6,10H2,1-4H3. The van der Waals surface area contributed by atoms with Crippen molar-refractivity contribution in [1.29, 1.82) is 0 Å². The maximum Gasteiger partial charge on any atom is 0.0748 e. The van der Waals surface area contributed by atoms with Crippen molar-refractivity contribution in [3.8, 4) is 0 Å². The molecule has 0 saturated heterocycles. The fourth-order valence-corrected chi connectivity index (χ4v) is 2.58. The van der Waals surface area contributed by atoms with E-state index in [0.29, 0.717) is 0 Å². The van der Waals surface area contributed by atoms with Crippen LogP contribution < -0.4 is 5.32 Å². The molecule has 2 rings (SSSR count). The molecule has 0 saturated carbocycles. The number of aryl methyl sites for hydroxylation is 3. The minimum Gasteiger partial charge on any atom is -0.305 e. The Morgan fingerprint density at radius 1 is 1.20 bits per heavy atom. The van der Waals surface area contributed by atoms with Crippen LogP contribution in [0.5, 0.6) is 0 Å². The van der Waals surface area contributed by atoms with E-state index in [-0.39, 0.29) is 6.04 Å². The van der Waals surface area contributed by atoms with Gasteiger partial charge in [0.15, 0.2) is 0 Å². The van der Waals surface area contributed by atoms with Crippen LogP contribution in [0.1, 0.15) is 48.8 Å². The molecule has 1 unspecified atom stereocenters. The first-order valence-corrected chi connectivity index (χ1v) is 7.50. The van der Waals surface area contributed by atoms with Crippen LogP contribution in [0.2, 0.25) is 0 Å². The second-order valence-electron chi connectivity index (χ2n) is 5.33. The molecular weight excluding hydrogens is 246 g/mol. The summed E-state index contributed by atoms with van der Waals surface area (Å²) in [5.41, 5.74) is 4.94. The summed E-state index contributed by atoms with van der Waals surface area (Å²) in [4.78, 5) is 0. The molecule has 1 heterocycles. The van der Waals surface area contributed by atoms with Gasteiger partial charge in [0.25, 0.3) is 0 Å². The molecule has 108 valence electrons. The molecule has 1 N–H and O–H groups in total. The predicted octanol–water partition coefficient (Wildman–Crippen LogP) is 3.61. The second-order valence-corrected chi connectivity index (χ2v) is 5.33. The number of rotatable bonds is 6. The zero-order chi connectivity index (χ0) is 14.5. The van der Waals surface area contributed by atoms with Crippen molar-refractivity contribution in [3.63, 3.8) is 0 Å². The molecule has 20 heavy (non-hydrogen) atoms. The van der Waals surface area contributed by atoms with E-state index < -0.39 is 0 Å². The average molecular weight is 271 g/mol. The number of nitrogens with zero attached hydrogens (tertiary/aromatic N) is 2. The topological polar surface area (TPSA) is 29.9 Å². The van der Waals surface area contributed by atoms with Gasteiger partial charge in [-0.15, -0.1) is 0 Å². The Balaban J connectivity index is 2.41. The molecule has 0 bridgehead atoms. The van der Waals surface area contributed by atoms with Gasteiger partial charge in [0.2, 0.25) is 0 Å². The molecule has 0 aliphatic rings. The van der Waals surface area contributed by atoms with E-state index in [1.54, 1.807) is 0 Å². The predicted molar refractivity (Wildman–Crippen MR) is 84.0 cm³/mol. The number of hydrogen-bond donors (Lipinski definition) is 1. The Morgan fingerprint density at radius 3 is 2.65 bits per heavy atom. The minimum absolute atomic E-state index is 0.219. The van der Waals surface area contributed by atoms with Gasteiger partial charge in [-0.25, -0.2) is 0 Å². The zero-order valence-corrected chi connectivity index (χ0v) is 13.0. The monoisotopic (exact) mass is 271 g/mol. The van der Waals surface area contributed by atoms with Crippen LogP contribution in [-0.2, 0) is 6.54 Å². The van der Waals surface area contributed by atoms with Gasteiger partial charge in [-0.2, -0.15) is 5.10 Å². The smallest absolute Gasteiger partial charge is 0.0748 e. The first kappa shape index (κ1) is 14.8. The Hall–Kier alpha value is -1.61. The fourth-order valence-electron chi connectivity index (χ4n) is 2.58. The third kappa shape index (κ3) is 3.28. The van der Waals surface area contributed by atoms with E-state index in [2.05, 4.69) is 73.1 Å². The second kappa shape index (κ2) is 6.71. The van der Waals surface area contributed by atoms with E-state index >= 15 is 0 Å². The summed E-state index contributed by atoms with van der Waals surface area (Å²) in [7, 11) is 0. The Kier molecular flexibility index (Phi) is 4.96. The van der Waals surface area contributed by atoms with Crippen molar-refractivity contribution in [3.05, 3.63) is 52.8 Å². The molecule has 0 fully saturated rings. The molecule has 3 heteroatoms. The van der Waals surface area contributed by atoms with E-state index in [1.807, 2.05) is 0 Å². The SMILES string of the molecule is CCCNC(c1cccc(C)c1)c1cc(C)nn1CC. The fraction of sp³-hybridized carbons (Fsp3) is 0.471. The Bertz CT molecular complexity index is 557. The number of hydrogen-bond acceptors (Lipinski definition) is 2. The normalized spacial score (nSPS) is 12.6.